The minimum atomic E-state index is -0.298. The standard InChI is InChI=1S/C20H21FN4O2/c1-13-18(14(2)25(24-13)17-6-4-16(21)5-7-17)11-19(26)23-12-15-8-9-22-20(10-15)27-3/h4-10H,11-12H2,1-3H3,(H,23,26). The lowest BCUT2D eigenvalue weighted by atomic mass is 10.1. The molecule has 0 saturated heterocycles. The average molecular weight is 368 g/mol. The van der Waals surface area contributed by atoms with Gasteiger partial charge >= 0.3 is 0 Å². The van der Waals surface area contributed by atoms with Gasteiger partial charge in [-0.05, 0) is 49.7 Å². The van der Waals surface area contributed by atoms with Crippen LogP contribution in [0.5, 0.6) is 5.88 Å². The van der Waals surface area contributed by atoms with E-state index in [1.807, 2.05) is 19.9 Å². The molecule has 3 rings (SSSR count). The van der Waals surface area contributed by atoms with Crippen molar-refractivity contribution < 1.29 is 13.9 Å². The molecule has 1 N–H and O–H groups in total. The van der Waals surface area contributed by atoms with E-state index < -0.39 is 0 Å². The first-order valence-corrected chi connectivity index (χ1v) is 8.54. The van der Waals surface area contributed by atoms with Crippen LogP contribution >= 0.6 is 0 Å². The maximum absolute atomic E-state index is 13.1. The molecule has 7 heteroatoms. The Bertz CT molecular complexity index is 951. The Morgan fingerprint density at radius 2 is 1.96 bits per heavy atom. The van der Waals surface area contributed by atoms with Crippen LogP contribution in [0.1, 0.15) is 22.5 Å². The molecule has 2 heterocycles. The van der Waals surface area contributed by atoms with Gasteiger partial charge in [-0.15, -0.1) is 0 Å². The molecule has 0 fully saturated rings. The van der Waals surface area contributed by atoms with Crippen LogP contribution in [0.4, 0.5) is 4.39 Å². The quantitative estimate of drug-likeness (QED) is 0.726. The van der Waals surface area contributed by atoms with E-state index in [2.05, 4.69) is 15.4 Å². The average Bonchev–Trinajstić information content (AvgIpc) is 2.95. The Kier molecular flexibility index (Phi) is 5.49. The van der Waals surface area contributed by atoms with Crippen LogP contribution in [-0.4, -0.2) is 27.8 Å². The maximum atomic E-state index is 13.1. The molecule has 0 bridgehead atoms. The summed E-state index contributed by atoms with van der Waals surface area (Å²) in [6.07, 6.45) is 1.86. The number of nitrogens with zero attached hydrogens (tertiary/aromatic N) is 3. The normalized spacial score (nSPS) is 10.7. The molecule has 140 valence electrons. The van der Waals surface area contributed by atoms with E-state index in [1.165, 1.54) is 12.1 Å². The van der Waals surface area contributed by atoms with Crippen molar-refractivity contribution in [1.82, 2.24) is 20.1 Å². The van der Waals surface area contributed by atoms with Gasteiger partial charge in [0.25, 0.3) is 0 Å². The highest BCUT2D eigenvalue weighted by atomic mass is 19.1. The van der Waals surface area contributed by atoms with Crippen molar-refractivity contribution in [3.63, 3.8) is 0 Å². The lowest BCUT2D eigenvalue weighted by molar-refractivity contribution is -0.120. The fourth-order valence-electron chi connectivity index (χ4n) is 2.86. The zero-order chi connectivity index (χ0) is 19.4. The highest BCUT2D eigenvalue weighted by Gasteiger charge is 2.16. The van der Waals surface area contributed by atoms with Crippen LogP contribution < -0.4 is 10.1 Å². The highest BCUT2D eigenvalue weighted by Crippen LogP contribution is 2.19. The van der Waals surface area contributed by atoms with Crippen molar-refractivity contribution in [2.75, 3.05) is 7.11 Å². The van der Waals surface area contributed by atoms with Crippen molar-refractivity contribution in [2.24, 2.45) is 0 Å². The molecule has 0 saturated carbocycles. The van der Waals surface area contributed by atoms with E-state index in [-0.39, 0.29) is 18.1 Å². The minimum Gasteiger partial charge on any atom is -0.481 e. The van der Waals surface area contributed by atoms with Gasteiger partial charge in [-0.2, -0.15) is 5.10 Å². The molecule has 27 heavy (non-hydrogen) atoms. The number of aryl methyl sites for hydroxylation is 1. The Hall–Kier alpha value is -3.22. The fraction of sp³-hybridized carbons (Fsp3) is 0.250. The summed E-state index contributed by atoms with van der Waals surface area (Å²) in [5.74, 6) is 0.109. The summed E-state index contributed by atoms with van der Waals surface area (Å²) in [5.41, 5.74) is 4.17. The number of ether oxygens (including phenoxy) is 1. The Balaban J connectivity index is 1.69. The molecule has 1 aromatic carbocycles. The van der Waals surface area contributed by atoms with Gasteiger partial charge < -0.3 is 10.1 Å². The van der Waals surface area contributed by atoms with Gasteiger partial charge in [-0.25, -0.2) is 14.1 Å². The summed E-state index contributed by atoms with van der Waals surface area (Å²) >= 11 is 0. The van der Waals surface area contributed by atoms with E-state index in [9.17, 15) is 9.18 Å². The molecule has 0 aliphatic heterocycles. The predicted octanol–water partition coefficient (Wildman–Crippen LogP) is 2.89. The van der Waals surface area contributed by atoms with Crippen molar-refractivity contribution in [3.05, 3.63) is 70.9 Å². The molecule has 6 nitrogen and oxygen atoms in total. The second-order valence-electron chi connectivity index (χ2n) is 6.20. The van der Waals surface area contributed by atoms with Gasteiger partial charge in [-0.3, -0.25) is 4.79 Å². The van der Waals surface area contributed by atoms with Gasteiger partial charge in [0, 0.05) is 30.1 Å². The summed E-state index contributed by atoms with van der Waals surface area (Å²) in [4.78, 5) is 16.4. The summed E-state index contributed by atoms with van der Waals surface area (Å²) in [6.45, 7) is 4.16. The number of methoxy groups -OCH3 is 1. The van der Waals surface area contributed by atoms with Gasteiger partial charge in [0.05, 0.1) is 24.9 Å². The number of halogens is 1. The topological polar surface area (TPSA) is 69.0 Å². The highest BCUT2D eigenvalue weighted by molar-refractivity contribution is 5.79. The van der Waals surface area contributed by atoms with Crippen molar-refractivity contribution in [1.29, 1.82) is 0 Å². The summed E-state index contributed by atoms with van der Waals surface area (Å²) in [5, 5.41) is 7.39. The second kappa shape index (κ2) is 7.99. The number of amides is 1. The zero-order valence-corrected chi connectivity index (χ0v) is 15.5. The number of aromatic nitrogens is 3. The second-order valence-corrected chi connectivity index (χ2v) is 6.20. The fourth-order valence-corrected chi connectivity index (χ4v) is 2.86. The van der Waals surface area contributed by atoms with Crippen molar-refractivity contribution >= 4 is 5.91 Å². The van der Waals surface area contributed by atoms with Crippen LogP contribution in [-0.2, 0) is 17.8 Å². The molecular weight excluding hydrogens is 347 g/mol. The van der Waals surface area contributed by atoms with Crippen LogP contribution in [0.3, 0.4) is 0 Å². The summed E-state index contributed by atoms with van der Waals surface area (Å²) in [7, 11) is 1.55. The molecule has 0 aliphatic rings. The third kappa shape index (κ3) is 4.31. The minimum absolute atomic E-state index is 0.101. The monoisotopic (exact) mass is 368 g/mol. The summed E-state index contributed by atoms with van der Waals surface area (Å²) < 4.78 is 19.9. The van der Waals surface area contributed by atoms with E-state index >= 15 is 0 Å². The maximum Gasteiger partial charge on any atom is 0.224 e. The molecule has 0 atom stereocenters. The molecule has 0 unspecified atom stereocenters. The largest absolute Gasteiger partial charge is 0.481 e. The number of benzene rings is 1. The number of carbonyl (C=O) groups is 1. The van der Waals surface area contributed by atoms with E-state index in [4.69, 9.17) is 4.74 Å². The van der Waals surface area contributed by atoms with E-state index in [0.717, 1.165) is 28.2 Å². The van der Waals surface area contributed by atoms with Crippen LogP contribution in [0.15, 0.2) is 42.6 Å². The number of pyridine rings is 1. The lowest BCUT2D eigenvalue weighted by Crippen LogP contribution is -2.25. The molecule has 0 radical (unpaired) electrons. The number of carbonyl (C=O) groups excluding carboxylic acids is 1. The first kappa shape index (κ1) is 18.6. The first-order chi connectivity index (χ1) is 13.0. The molecule has 2 aromatic heterocycles. The van der Waals surface area contributed by atoms with E-state index in [1.54, 1.807) is 36.2 Å². The number of rotatable bonds is 6. The number of nitrogens with one attached hydrogen (secondary N) is 1. The Labute approximate surface area is 157 Å². The molecular formula is C20H21FN4O2. The predicted molar refractivity (Wildman–Crippen MR) is 99.3 cm³/mol. The molecule has 0 spiro atoms. The third-order valence-corrected chi connectivity index (χ3v) is 4.35. The van der Waals surface area contributed by atoms with Crippen LogP contribution in [0, 0.1) is 19.7 Å². The van der Waals surface area contributed by atoms with Gasteiger partial charge in [0.1, 0.15) is 5.82 Å². The Morgan fingerprint density at radius 1 is 1.22 bits per heavy atom. The van der Waals surface area contributed by atoms with Crippen LogP contribution in [0.2, 0.25) is 0 Å². The Morgan fingerprint density at radius 3 is 2.67 bits per heavy atom. The molecule has 0 aliphatic carbocycles. The molecule has 3 aromatic rings. The van der Waals surface area contributed by atoms with Gasteiger partial charge in [0.15, 0.2) is 0 Å². The van der Waals surface area contributed by atoms with Crippen molar-refractivity contribution in [3.8, 4) is 11.6 Å². The first-order valence-electron chi connectivity index (χ1n) is 8.54. The smallest absolute Gasteiger partial charge is 0.224 e. The summed E-state index contributed by atoms with van der Waals surface area (Å²) in [6, 6.07) is 9.71. The molecule has 1 amide bonds. The zero-order valence-electron chi connectivity index (χ0n) is 15.5. The number of hydrogen-bond acceptors (Lipinski definition) is 4. The van der Waals surface area contributed by atoms with E-state index in [0.29, 0.717) is 12.4 Å². The van der Waals surface area contributed by atoms with Crippen molar-refractivity contribution in [2.45, 2.75) is 26.8 Å². The van der Waals surface area contributed by atoms with Crippen LogP contribution in [0.25, 0.3) is 5.69 Å². The van der Waals surface area contributed by atoms with Gasteiger partial charge in [-0.1, -0.05) is 0 Å². The SMILES string of the molecule is COc1cc(CNC(=O)Cc2c(C)nn(-c3ccc(F)cc3)c2C)ccn1. The van der Waals surface area contributed by atoms with Gasteiger partial charge in [0.2, 0.25) is 11.8 Å². The third-order valence-electron chi connectivity index (χ3n) is 4.35. The number of hydrogen-bond donors (Lipinski definition) is 1. The lowest BCUT2D eigenvalue weighted by Gasteiger charge is -2.08.